The minimum absolute atomic E-state index is 0.301. The van der Waals surface area contributed by atoms with Gasteiger partial charge in [-0.1, -0.05) is 13.8 Å². The van der Waals surface area contributed by atoms with Gasteiger partial charge in [-0.15, -0.1) is 0 Å². The molecular formula is C12H16ClNO3. The largest absolute Gasteiger partial charge is 0.461 e. The molecule has 2 rings (SSSR count). The van der Waals surface area contributed by atoms with E-state index in [-0.39, 0.29) is 5.97 Å². The van der Waals surface area contributed by atoms with Crippen LogP contribution in [0.2, 0.25) is 5.22 Å². The molecule has 2 aromatic rings. The van der Waals surface area contributed by atoms with Gasteiger partial charge in [0.25, 0.3) is 0 Å². The zero-order valence-electron chi connectivity index (χ0n) is 10.4. The third-order valence-electron chi connectivity index (χ3n) is 2.16. The molecule has 5 heteroatoms. The first kappa shape index (κ1) is 13.6. The van der Waals surface area contributed by atoms with E-state index in [1.807, 2.05) is 13.8 Å². The van der Waals surface area contributed by atoms with Gasteiger partial charge in [-0.25, -0.2) is 4.79 Å². The van der Waals surface area contributed by atoms with E-state index in [4.69, 9.17) is 20.8 Å². The lowest BCUT2D eigenvalue weighted by atomic mass is 10.2. The van der Waals surface area contributed by atoms with Gasteiger partial charge in [0.15, 0.2) is 10.8 Å². The number of aromatic nitrogens is 1. The van der Waals surface area contributed by atoms with E-state index in [0.29, 0.717) is 28.6 Å². The van der Waals surface area contributed by atoms with Gasteiger partial charge in [-0.3, -0.25) is 0 Å². The SMILES string of the molecule is CC.CCOC(=O)c1[nH]c2cc(Cl)oc2c1C. The van der Waals surface area contributed by atoms with Crippen LogP contribution in [0.1, 0.15) is 36.8 Å². The lowest BCUT2D eigenvalue weighted by Gasteiger charge is -1.99. The predicted octanol–water partition coefficient (Wildman–Crippen LogP) is 3.93. The number of H-pyrrole nitrogens is 1. The van der Waals surface area contributed by atoms with Crippen LogP contribution in [-0.4, -0.2) is 17.6 Å². The molecule has 0 unspecified atom stereocenters. The number of esters is 1. The van der Waals surface area contributed by atoms with Crippen molar-refractivity contribution in [2.75, 3.05) is 6.61 Å². The van der Waals surface area contributed by atoms with E-state index < -0.39 is 0 Å². The molecule has 17 heavy (non-hydrogen) atoms. The molecule has 0 aromatic carbocycles. The highest BCUT2D eigenvalue weighted by Gasteiger charge is 2.18. The fourth-order valence-corrected chi connectivity index (χ4v) is 1.67. The Morgan fingerprint density at radius 2 is 2.18 bits per heavy atom. The van der Waals surface area contributed by atoms with Crippen LogP contribution in [-0.2, 0) is 4.74 Å². The van der Waals surface area contributed by atoms with E-state index in [9.17, 15) is 4.79 Å². The first-order valence-corrected chi connectivity index (χ1v) is 5.96. The molecule has 0 amide bonds. The highest BCUT2D eigenvalue weighted by Crippen LogP contribution is 2.27. The highest BCUT2D eigenvalue weighted by atomic mass is 35.5. The zero-order chi connectivity index (χ0) is 13.0. The number of carbonyl (C=O) groups excluding carboxylic acids is 1. The molecule has 0 radical (unpaired) electrons. The molecule has 2 aromatic heterocycles. The molecule has 2 heterocycles. The summed E-state index contributed by atoms with van der Waals surface area (Å²) in [6.07, 6.45) is 0. The molecule has 0 aliphatic heterocycles. The maximum Gasteiger partial charge on any atom is 0.355 e. The Morgan fingerprint density at radius 3 is 2.71 bits per heavy atom. The Labute approximate surface area is 105 Å². The minimum Gasteiger partial charge on any atom is -0.461 e. The van der Waals surface area contributed by atoms with Crippen LogP contribution in [0.15, 0.2) is 10.5 Å². The van der Waals surface area contributed by atoms with Crippen LogP contribution >= 0.6 is 11.6 Å². The topological polar surface area (TPSA) is 55.2 Å². The maximum atomic E-state index is 11.5. The van der Waals surface area contributed by atoms with Crippen molar-refractivity contribution in [2.45, 2.75) is 27.7 Å². The fraction of sp³-hybridized carbons (Fsp3) is 0.417. The number of nitrogens with one attached hydrogen (secondary N) is 1. The summed E-state index contributed by atoms with van der Waals surface area (Å²) in [5.74, 6) is -0.377. The van der Waals surface area contributed by atoms with Crippen molar-refractivity contribution in [2.24, 2.45) is 0 Å². The Balaban J connectivity index is 0.000000686. The second-order valence-corrected chi connectivity index (χ2v) is 3.51. The Kier molecular flexibility index (Phi) is 4.63. The molecule has 0 saturated carbocycles. The van der Waals surface area contributed by atoms with E-state index in [1.54, 1.807) is 19.9 Å². The molecule has 0 bridgehead atoms. The van der Waals surface area contributed by atoms with Gasteiger partial charge in [0.05, 0.1) is 12.1 Å². The predicted molar refractivity (Wildman–Crippen MR) is 67.6 cm³/mol. The third kappa shape index (κ3) is 2.64. The molecular weight excluding hydrogens is 242 g/mol. The minimum atomic E-state index is -0.377. The molecule has 0 aliphatic rings. The number of rotatable bonds is 2. The van der Waals surface area contributed by atoms with Crippen LogP contribution in [0.25, 0.3) is 11.1 Å². The lowest BCUT2D eigenvalue weighted by molar-refractivity contribution is 0.0519. The average molecular weight is 258 g/mol. The number of halogens is 1. The smallest absolute Gasteiger partial charge is 0.355 e. The Bertz CT molecular complexity index is 513. The number of aromatic amines is 1. The van der Waals surface area contributed by atoms with Crippen molar-refractivity contribution in [3.8, 4) is 0 Å². The van der Waals surface area contributed by atoms with Gasteiger partial charge in [0, 0.05) is 11.6 Å². The summed E-state index contributed by atoms with van der Waals surface area (Å²) >= 11 is 5.69. The van der Waals surface area contributed by atoms with Crippen molar-refractivity contribution < 1.29 is 13.9 Å². The standard InChI is InChI=1S/C10H10ClNO3.C2H6/c1-3-14-10(13)8-5(2)9-6(12-8)4-7(11)15-9;1-2/h4,12H,3H2,1-2H3;1-2H3. The third-order valence-corrected chi connectivity index (χ3v) is 2.34. The summed E-state index contributed by atoms with van der Waals surface area (Å²) in [7, 11) is 0. The van der Waals surface area contributed by atoms with Crippen molar-refractivity contribution in [3.05, 3.63) is 22.5 Å². The fourth-order valence-electron chi connectivity index (χ4n) is 1.48. The molecule has 0 saturated heterocycles. The van der Waals surface area contributed by atoms with Crippen molar-refractivity contribution in [1.82, 2.24) is 4.98 Å². The van der Waals surface area contributed by atoms with Gasteiger partial charge in [-0.2, -0.15) is 0 Å². The van der Waals surface area contributed by atoms with Gasteiger partial charge in [0.2, 0.25) is 0 Å². The number of carbonyl (C=O) groups is 1. The molecule has 0 spiro atoms. The number of ether oxygens (including phenoxy) is 1. The molecule has 0 atom stereocenters. The Morgan fingerprint density at radius 1 is 1.53 bits per heavy atom. The summed E-state index contributed by atoms with van der Waals surface area (Å²) < 4.78 is 10.1. The van der Waals surface area contributed by atoms with Crippen LogP contribution < -0.4 is 0 Å². The van der Waals surface area contributed by atoms with Gasteiger partial charge in [-0.05, 0) is 25.4 Å². The molecule has 0 fully saturated rings. The summed E-state index contributed by atoms with van der Waals surface area (Å²) in [5.41, 5.74) is 2.45. The quantitative estimate of drug-likeness (QED) is 0.830. The van der Waals surface area contributed by atoms with E-state index >= 15 is 0 Å². The van der Waals surface area contributed by atoms with Gasteiger partial charge in [0.1, 0.15) is 5.69 Å². The number of fused-ring (bicyclic) bond motifs is 1. The molecule has 94 valence electrons. The van der Waals surface area contributed by atoms with E-state index in [2.05, 4.69) is 4.98 Å². The zero-order valence-corrected chi connectivity index (χ0v) is 11.1. The van der Waals surface area contributed by atoms with E-state index in [1.165, 1.54) is 0 Å². The van der Waals surface area contributed by atoms with Crippen molar-refractivity contribution >= 4 is 28.7 Å². The van der Waals surface area contributed by atoms with Crippen LogP contribution in [0, 0.1) is 6.92 Å². The second-order valence-electron chi connectivity index (χ2n) is 3.14. The van der Waals surface area contributed by atoms with Crippen molar-refractivity contribution in [1.29, 1.82) is 0 Å². The van der Waals surface area contributed by atoms with Crippen LogP contribution in [0.3, 0.4) is 0 Å². The number of aryl methyl sites for hydroxylation is 1. The lowest BCUT2D eigenvalue weighted by Crippen LogP contribution is -2.06. The summed E-state index contributed by atoms with van der Waals surface area (Å²) in [6, 6.07) is 1.63. The molecule has 0 aliphatic carbocycles. The number of hydrogen-bond acceptors (Lipinski definition) is 3. The second kappa shape index (κ2) is 5.77. The average Bonchev–Trinajstić information content (AvgIpc) is 2.81. The molecule has 1 N–H and O–H groups in total. The van der Waals surface area contributed by atoms with E-state index in [0.717, 1.165) is 5.56 Å². The van der Waals surface area contributed by atoms with Gasteiger partial charge < -0.3 is 14.1 Å². The van der Waals surface area contributed by atoms with Crippen LogP contribution in [0.4, 0.5) is 0 Å². The normalized spacial score (nSPS) is 9.94. The number of furan rings is 1. The van der Waals surface area contributed by atoms with Crippen LogP contribution in [0.5, 0.6) is 0 Å². The first-order chi connectivity index (χ1) is 8.13. The number of hydrogen-bond donors (Lipinski definition) is 1. The maximum absolute atomic E-state index is 11.5. The molecule has 4 nitrogen and oxygen atoms in total. The highest BCUT2D eigenvalue weighted by molar-refractivity contribution is 6.29. The Hall–Kier alpha value is -1.42. The van der Waals surface area contributed by atoms with Gasteiger partial charge >= 0.3 is 5.97 Å². The van der Waals surface area contributed by atoms with Crippen molar-refractivity contribution in [3.63, 3.8) is 0 Å². The summed E-state index contributed by atoms with van der Waals surface area (Å²) in [5, 5.41) is 0.301. The first-order valence-electron chi connectivity index (χ1n) is 5.58. The monoisotopic (exact) mass is 257 g/mol. The summed E-state index contributed by atoms with van der Waals surface area (Å²) in [4.78, 5) is 14.4. The summed E-state index contributed by atoms with van der Waals surface area (Å²) in [6.45, 7) is 7.89.